The first-order chi connectivity index (χ1) is 8.43. The van der Waals surface area contributed by atoms with E-state index in [-0.39, 0.29) is 15.4 Å². The molecule has 1 heterocycles. The Morgan fingerprint density at radius 2 is 2.22 bits per heavy atom. The van der Waals surface area contributed by atoms with Crippen molar-refractivity contribution in [2.24, 2.45) is 0 Å². The van der Waals surface area contributed by atoms with Gasteiger partial charge in [0, 0.05) is 24.1 Å². The maximum absolute atomic E-state index is 13.0. The van der Waals surface area contributed by atoms with Crippen molar-refractivity contribution in [3.05, 3.63) is 28.5 Å². The molecule has 0 bridgehead atoms. The summed E-state index contributed by atoms with van der Waals surface area (Å²) in [7, 11) is -2.03. The zero-order valence-corrected chi connectivity index (χ0v) is 12.3. The Labute approximate surface area is 114 Å². The molecule has 18 heavy (non-hydrogen) atoms. The third-order valence-electron chi connectivity index (χ3n) is 3.10. The Morgan fingerprint density at radius 1 is 1.50 bits per heavy atom. The van der Waals surface area contributed by atoms with Crippen LogP contribution in [-0.2, 0) is 10.0 Å². The highest BCUT2D eigenvalue weighted by Gasteiger charge is 2.31. The van der Waals surface area contributed by atoms with Crippen molar-refractivity contribution in [1.82, 2.24) is 9.62 Å². The first-order valence-electron chi connectivity index (χ1n) is 5.57. The lowest BCUT2D eigenvalue weighted by atomic mass is 10.3. The number of halogens is 2. The molecule has 0 spiro atoms. The number of sulfonamides is 1. The number of benzene rings is 1. The lowest BCUT2D eigenvalue weighted by molar-refractivity contribution is 0.387. The number of hydrogen-bond acceptors (Lipinski definition) is 3. The normalized spacial score (nSPS) is 20.6. The van der Waals surface area contributed by atoms with Gasteiger partial charge in [-0.1, -0.05) is 0 Å². The van der Waals surface area contributed by atoms with Crippen LogP contribution >= 0.6 is 15.9 Å². The van der Waals surface area contributed by atoms with Gasteiger partial charge in [-0.2, -0.15) is 4.31 Å². The maximum atomic E-state index is 13.0. The molecule has 1 aromatic carbocycles. The summed E-state index contributed by atoms with van der Waals surface area (Å²) >= 11 is 3.10. The van der Waals surface area contributed by atoms with E-state index in [1.807, 2.05) is 0 Å². The molecular weight excluding hydrogens is 323 g/mol. The van der Waals surface area contributed by atoms with Gasteiger partial charge in [0.2, 0.25) is 10.0 Å². The second kappa shape index (κ2) is 5.24. The van der Waals surface area contributed by atoms with Gasteiger partial charge < -0.3 is 5.32 Å². The van der Waals surface area contributed by atoms with E-state index in [9.17, 15) is 12.8 Å². The predicted molar refractivity (Wildman–Crippen MR) is 70.3 cm³/mol. The average molecular weight is 337 g/mol. The Bertz CT molecular complexity index is 544. The number of nitrogens with one attached hydrogen (secondary N) is 1. The molecule has 1 aromatic rings. The van der Waals surface area contributed by atoms with Gasteiger partial charge >= 0.3 is 0 Å². The standard InChI is InChI=1S/C11H14BrFN2O2S/c1-15(9-4-5-14-7-9)18(16,17)11-3-2-8(13)6-10(11)12/h2-3,6,9,14H,4-5,7H2,1H3/t9-/m0/s1. The van der Waals surface area contributed by atoms with Gasteiger partial charge in [-0.05, 0) is 47.1 Å². The first kappa shape index (κ1) is 13.9. The Hall–Kier alpha value is -0.500. The summed E-state index contributed by atoms with van der Waals surface area (Å²) < 4.78 is 39.4. The fraction of sp³-hybridized carbons (Fsp3) is 0.455. The molecule has 1 N–H and O–H groups in total. The zero-order chi connectivity index (χ0) is 13.3. The number of rotatable bonds is 3. The van der Waals surface area contributed by atoms with Crippen molar-refractivity contribution in [1.29, 1.82) is 0 Å². The Morgan fingerprint density at radius 3 is 2.78 bits per heavy atom. The summed E-state index contributed by atoms with van der Waals surface area (Å²) in [5.41, 5.74) is 0. The van der Waals surface area contributed by atoms with Crippen LogP contribution in [0.1, 0.15) is 6.42 Å². The first-order valence-corrected chi connectivity index (χ1v) is 7.80. The smallest absolute Gasteiger partial charge is 0.244 e. The van der Waals surface area contributed by atoms with Gasteiger partial charge in [0.15, 0.2) is 0 Å². The minimum atomic E-state index is -3.59. The monoisotopic (exact) mass is 336 g/mol. The van der Waals surface area contributed by atoms with Gasteiger partial charge in [0.1, 0.15) is 5.82 Å². The molecule has 2 rings (SSSR count). The molecule has 100 valence electrons. The SMILES string of the molecule is CN([C@H]1CCNC1)S(=O)(=O)c1ccc(F)cc1Br. The third kappa shape index (κ3) is 2.59. The molecule has 0 unspecified atom stereocenters. The van der Waals surface area contributed by atoms with Gasteiger partial charge in [0.05, 0.1) is 4.90 Å². The van der Waals surface area contributed by atoms with Crippen molar-refractivity contribution >= 4 is 26.0 Å². The van der Waals surface area contributed by atoms with Crippen LogP contribution in [0.5, 0.6) is 0 Å². The van der Waals surface area contributed by atoms with Crippen molar-refractivity contribution in [2.75, 3.05) is 20.1 Å². The molecule has 1 atom stereocenters. The van der Waals surface area contributed by atoms with E-state index < -0.39 is 15.8 Å². The van der Waals surface area contributed by atoms with Crippen LogP contribution < -0.4 is 5.32 Å². The summed E-state index contributed by atoms with van der Waals surface area (Å²) in [6, 6.07) is 3.55. The lowest BCUT2D eigenvalue weighted by Gasteiger charge is -2.23. The molecule has 0 amide bonds. The maximum Gasteiger partial charge on any atom is 0.244 e. The summed E-state index contributed by atoms with van der Waals surface area (Å²) in [6.07, 6.45) is 0.786. The van der Waals surface area contributed by atoms with Crippen molar-refractivity contribution in [3.8, 4) is 0 Å². The highest BCUT2D eigenvalue weighted by atomic mass is 79.9. The van der Waals surface area contributed by atoms with Gasteiger partial charge in [0.25, 0.3) is 0 Å². The Balaban J connectivity index is 2.35. The van der Waals surface area contributed by atoms with E-state index in [0.29, 0.717) is 6.54 Å². The zero-order valence-electron chi connectivity index (χ0n) is 9.86. The van der Waals surface area contributed by atoms with E-state index in [0.717, 1.165) is 25.1 Å². The highest BCUT2D eigenvalue weighted by Crippen LogP contribution is 2.27. The topological polar surface area (TPSA) is 49.4 Å². The van der Waals surface area contributed by atoms with Crippen LogP contribution in [0.3, 0.4) is 0 Å². The number of nitrogens with zero attached hydrogens (tertiary/aromatic N) is 1. The quantitative estimate of drug-likeness (QED) is 0.911. The second-order valence-electron chi connectivity index (χ2n) is 4.24. The Kier molecular flexibility index (Phi) is 4.05. The van der Waals surface area contributed by atoms with Crippen molar-refractivity contribution < 1.29 is 12.8 Å². The molecule has 0 saturated carbocycles. The van der Waals surface area contributed by atoms with E-state index in [4.69, 9.17) is 0 Å². The van der Waals surface area contributed by atoms with Crippen LogP contribution in [0.25, 0.3) is 0 Å². The molecule has 7 heteroatoms. The van der Waals surface area contributed by atoms with Crippen molar-refractivity contribution in [3.63, 3.8) is 0 Å². The summed E-state index contributed by atoms with van der Waals surface area (Å²) in [4.78, 5) is 0.0956. The molecular formula is C11H14BrFN2O2S. The molecule has 1 saturated heterocycles. The fourth-order valence-electron chi connectivity index (χ4n) is 1.99. The van der Waals surface area contributed by atoms with Crippen LogP contribution in [0, 0.1) is 5.82 Å². The molecule has 4 nitrogen and oxygen atoms in total. The van der Waals surface area contributed by atoms with Gasteiger partial charge in [-0.3, -0.25) is 0 Å². The largest absolute Gasteiger partial charge is 0.315 e. The lowest BCUT2D eigenvalue weighted by Crippen LogP contribution is -2.38. The average Bonchev–Trinajstić information content (AvgIpc) is 2.80. The minimum absolute atomic E-state index is 0.0491. The molecule has 1 aliphatic heterocycles. The number of hydrogen-bond donors (Lipinski definition) is 1. The van der Waals surface area contributed by atoms with E-state index in [1.165, 1.54) is 10.4 Å². The van der Waals surface area contributed by atoms with Crippen LogP contribution in [0.4, 0.5) is 4.39 Å². The van der Waals surface area contributed by atoms with Gasteiger partial charge in [-0.25, -0.2) is 12.8 Å². The second-order valence-corrected chi connectivity index (χ2v) is 7.06. The molecule has 0 radical (unpaired) electrons. The van der Waals surface area contributed by atoms with E-state index in [2.05, 4.69) is 21.2 Å². The fourth-order valence-corrected chi connectivity index (χ4v) is 4.38. The van der Waals surface area contributed by atoms with E-state index in [1.54, 1.807) is 7.05 Å². The molecule has 1 fully saturated rings. The van der Waals surface area contributed by atoms with E-state index >= 15 is 0 Å². The predicted octanol–water partition coefficient (Wildman–Crippen LogP) is 1.57. The molecule has 0 aromatic heterocycles. The summed E-state index contributed by atoms with van der Waals surface area (Å²) in [6.45, 7) is 1.46. The third-order valence-corrected chi connectivity index (χ3v) is 5.99. The molecule has 0 aliphatic carbocycles. The van der Waals surface area contributed by atoms with Crippen LogP contribution in [0.15, 0.2) is 27.6 Å². The van der Waals surface area contributed by atoms with Gasteiger partial charge in [-0.15, -0.1) is 0 Å². The number of likely N-dealkylation sites (N-methyl/N-ethyl adjacent to an activating group) is 1. The van der Waals surface area contributed by atoms with Crippen LogP contribution in [-0.4, -0.2) is 38.9 Å². The minimum Gasteiger partial charge on any atom is -0.315 e. The highest BCUT2D eigenvalue weighted by molar-refractivity contribution is 9.10. The van der Waals surface area contributed by atoms with Crippen molar-refractivity contribution in [2.45, 2.75) is 17.4 Å². The molecule has 1 aliphatic rings. The summed E-state index contributed by atoms with van der Waals surface area (Å²) in [5, 5.41) is 3.12. The van der Waals surface area contributed by atoms with Crippen LogP contribution in [0.2, 0.25) is 0 Å². The summed E-state index contributed by atoms with van der Waals surface area (Å²) in [5.74, 6) is -0.467.